The average molecular weight is 262 g/mol. The molecular formula is C15H18O2S. The van der Waals surface area contributed by atoms with E-state index in [1.54, 1.807) is 6.92 Å². The van der Waals surface area contributed by atoms with Crippen LogP contribution in [0.15, 0.2) is 24.3 Å². The molecule has 0 radical (unpaired) electrons. The minimum absolute atomic E-state index is 0.0956. The highest BCUT2D eigenvalue weighted by atomic mass is 32.2. The minimum atomic E-state index is -0.189. The average Bonchev–Trinajstić information content (AvgIpc) is 2.24. The topological polar surface area (TPSA) is 26.3 Å². The quantitative estimate of drug-likeness (QED) is 0.763. The van der Waals surface area contributed by atoms with Gasteiger partial charge in [0.15, 0.2) is 5.12 Å². The summed E-state index contributed by atoms with van der Waals surface area (Å²) in [6.45, 7) is 7.59. The molecule has 0 fully saturated rings. The van der Waals surface area contributed by atoms with Gasteiger partial charge in [-0.1, -0.05) is 23.6 Å². The Morgan fingerprint density at radius 3 is 2.39 bits per heavy atom. The predicted molar refractivity (Wildman–Crippen MR) is 76.8 cm³/mol. The fourth-order valence-corrected chi connectivity index (χ4v) is 1.58. The van der Waals surface area contributed by atoms with E-state index < -0.39 is 0 Å². The van der Waals surface area contributed by atoms with Crippen molar-refractivity contribution in [2.75, 3.05) is 5.75 Å². The molecule has 0 saturated carbocycles. The van der Waals surface area contributed by atoms with E-state index >= 15 is 0 Å². The molecule has 0 spiro atoms. The first-order valence-corrected chi connectivity index (χ1v) is 6.77. The van der Waals surface area contributed by atoms with Gasteiger partial charge < -0.3 is 4.74 Å². The number of ether oxygens (including phenoxy) is 1. The summed E-state index contributed by atoms with van der Waals surface area (Å²) in [5.41, 5.74) is 0.742. The van der Waals surface area contributed by atoms with Gasteiger partial charge in [0.1, 0.15) is 11.4 Å². The van der Waals surface area contributed by atoms with E-state index in [1.807, 2.05) is 45.0 Å². The Labute approximate surface area is 113 Å². The van der Waals surface area contributed by atoms with Crippen molar-refractivity contribution in [2.24, 2.45) is 0 Å². The summed E-state index contributed by atoms with van der Waals surface area (Å²) in [6, 6.07) is 7.67. The first kappa shape index (κ1) is 14.7. The Morgan fingerprint density at radius 1 is 1.28 bits per heavy atom. The van der Waals surface area contributed by atoms with Gasteiger partial charge in [0.25, 0.3) is 0 Å². The number of hydrogen-bond acceptors (Lipinski definition) is 3. The second kappa shape index (κ2) is 6.51. The van der Waals surface area contributed by atoms with E-state index in [1.165, 1.54) is 11.8 Å². The maximum absolute atomic E-state index is 10.7. The van der Waals surface area contributed by atoms with Gasteiger partial charge in [-0.2, -0.15) is 0 Å². The third-order valence-corrected chi connectivity index (χ3v) is 2.55. The highest BCUT2D eigenvalue weighted by Crippen LogP contribution is 2.18. The number of carbonyl (C=O) groups is 1. The zero-order valence-electron chi connectivity index (χ0n) is 11.2. The second-order valence-corrected chi connectivity index (χ2v) is 5.97. The Morgan fingerprint density at radius 2 is 1.89 bits per heavy atom. The van der Waals surface area contributed by atoms with E-state index in [-0.39, 0.29) is 10.7 Å². The Bertz CT molecular complexity index is 458. The Balaban J connectivity index is 2.57. The second-order valence-electron chi connectivity index (χ2n) is 4.82. The molecule has 1 rings (SSSR count). The first-order valence-electron chi connectivity index (χ1n) is 5.78. The lowest BCUT2D eigenvalue weighted by atomic mass is 10.2. The molecule has 0 bridgehead atoms. The van der Waals surface area contributed by atoms with Crippen molar-refractivity contribution in [1.29, 1.82) is 0 Å². The fraction of sp³-hybridized carbons (Fsp3) is 0.400. The van der Waals surface area contributed by atoms with Crippen molar-refractivity contribution in [2.45, 2.75) is 33.3 Å². The monoisotopic (exact) mass is 262 g/mol. The van der Waals surface area contributed by atoms with Crippen LogP contribution in [0.5, 0.6) is 5.75 Å². The third-order valence-electron chi connectivity index (χ3n) is 1.86. The minimum Gasteiger partial charge on any atom is -0.488 e. The van der Waals surface area contributed by atoms with Crippen LogP contribution >= 0.6 is 11.8 Å². The zero-order chi connectivity index (χ0) is 13.6. The van der Waals surface area contributed by atoms with Gasteiger partial charge in [-0.3, -0.25) is 4.79 Å². The molecule has 0 N–H and O–H groups in total. The number of rotatable bonds is 2. The maximum Gasteiger partial charge on any atom is 0.186 e. The molecule has 2 nitrogen and oxygen atoms in total. The van der Waals surface area contributed by atoms with E-state index in [2.05, 4.69) is 11.8 Å². The standard InChI is InChI=1S/C15H18O2S/c1-12(16)18-11-5-6-13-7-9-14(10-8-13)17-15(2,3)4/h7-10H,11H2,1-4H3. The molecule has 0 aliphatic rings. The summed E-state index contributed by atoms with van der Waals surface area (Å²) < 4.78 is 5.72. The largest absolute Gasteiger partial charge is 0.488 e. The molecule has 3 heteroatoms. The molecule has 0 aromatic heterocycles. The summed E-state index contributed by atoms with van der Waals surface area (Å²) >= 11 is 1.22. The summed E-state index contributed by atoms with van der Waals surface area (Å²) in [5, 5.41) is 0.0956. The van der Waals surface area contributed by atoms with Gasteiger partial charge in [-0.15, -0.1) is 0 Å². The number of hydrogen-bond donors (Lipinski definition) is 0. The van der Waals surface area contributed by atoms with Gasteiger partial charge >= 0.3 is 0 Å². The molecule has 96 valence electrons. The molecule has 0 heterocycles. The summed E-state index contributed by atoms with van der Waals surface area (Å²) in [5.74, 6) is 7.34. The van der Waals surface area contributed by atoms with Crippen molar-refractivity contribution >= 4 is 16.9 Å². The van der Waals surface area contributed by atoms with Gasteiger partial charge in [0.2, 0.25) is 0 Å². The SMILES string of the molecule is CC(=O)SCC#Cc1ccc(OC(C)(C)C)cc1. The van der Waals surface area contributed by atoms with E-state index in [0.29, 0.717) is 5.75 Å². The molecule has 0 aliphatic heterocycles. The molecule has 1 aromatic carbocycles. The van der Waals surface area contributed by atoms with Crippen LogP contribution < -0.4 is 4.74 Å². The lowest BCUT2D eigenvalue weighted by Crippen LogP contribution is -2.22. The van der Waals surface area contributed by atoms with E-state index in [0.717, 1.165) is 11.3 Å². The van der Waals surface area contributed by atoms with Crippen molar-refractivity contribution in [1.82, 2.24) is 0 Å². The lowest BCUT2D eigenvalue weighted by Gasteiger charge is -2.21. The first-order chi connectivity index (χ1) is 8.37. The molecule has 0 saturated heterocycles. The van der Waals surface area contributed by atoms with Crippen LogP contribution in [-0.4, -0.2) is 16.5 Å². The zero-order valence-corrected chi connectivity index (χ0v) is 12.1. The highest BCUT2D eigenvalue weighted by molar-refractivity contribution is 8.13. The molecule has 0 amide bonds. The Hall–Kier alpha value is -1.40. The van der Waals surface area contributed by atoms with Gasteiger partial charge in [-0.05, 0) is 45.0 Å². The summed E-state index contributed by atoms with van der Waals surface area (Å²) in [4.78, 5) is 10.7. The van der Waals surface area contributed by atoms with Crippen LogP contribution in [0.2, 0.25) is 0 Å². The van der Waals surface area contributed by atoms with E-state index in [9.17, 15) is 4.79 Å². The van der Waals surface area contributed by atoms with Crippen molar-refractivity contribution in [3.05, 3.63) is 29.8 Å². The van der Waals surface area contributed by atoms with Crippen LogP contribution in [0.3, 0.4) is 0 Å². The summed E-state index contributed by atoms with van der Waals surface area (Å²) in [7, 11) is 0. The van der Waals surface area contributed by atoms with Crippen molar-refractivity contribution in [3.63, 3.8) is 0 Å². The molecular weight excluding hydrogens is 244 g/mol. The van der Waals surface area contributed by atoms with Crippen molar-refractivity contribution < 1.29 is 9.53 Å². The molecule has 1 aromatic rings. The van der Waals surface area contributed by atoms with E-state index in [4.69, 9.17) is 4.74 Å². The smallest absolute Gasteiger partial charge is 0.186 e. The fourth-order valence-electron chi connectivity index (χ4n) is 1.24. The van der Waals surface area contributed by atoms with Crippen molar-refractivity contribution in [3.8, 4) is 17.6 Å². The predicted octanol–water partition coefficient (Wildman–Crippen LogP) is 3.50. The number of benzene rings is 1. The molecule has 0 atom stereocenters. The molecule has 18 heavy (non-hydrogen) atoms. The highest BCUT2D eigenvalue weighted by Gasteiger charge is 2.10. The molecule has 0 aliphatic carbocycles. The van der Waals surface area contributed by atoms with Crippen LogP contribution in [-0.2, 0) is 4.79 Å². The van der Waals surface area contributed by atoms with Crippen LogP contribution in [0.25, 0.3) is 0 Å². The summed E-state index contributed by atoms with van der Waals surface area (Å²) in [6.07, 6.45) is 0. The lowest BCUT2D eigenvalue weighted by molar-refractivity contribution is -0.109. The van der Waals surface area contributed by atoms with Gasteiger partial charge in [-0.25, -0.2) is 0 Å². The van der Waals surface area contributed by atoms with Gasteiger partial charge in [0, 0.05) is 12.5 Å². The normalized spacial score (nSPS) is 10.4. The maximum atomic E-state index is 10.7. The molecule has 0 unspecified atom stereocenters. The van der Waals surface area contributed by atoms with Crippen LogP contribution in [0.1, 0.15) is 33.3 Å². The Kier molecular flexibility index (Phi) is 5.30. The van der Waals surface area contributed by atoms with Crippen LogP contribution in [0.4, 0.5) is 0 Å². The van der Waals surface area contributed by atoms with Crippen LogP contribution in [0, 0.1) is 11.8 Å². The van der Waals surface area contributed by atoms with Gasteiger partial charge in [0.05, 0.1) is 5.75 Å². The third kappa shape index (κ3) is 6.36. The number of carbonyl (C=O) groups excluding carboxylic acids is 1. The number of thioether (sulfide) groups is 1.